The molecular weight excluding hydrogens is 444 g/mol. The van der Waals surface area contributed by atoms with Crippen LogP contribution in [0.15, 0.2) is 60.4 Å². The number of hydrogen-bond donors (Lipinski definition) is 0. The summed E-state index contributed by atoms with van der Waals surface area (Å²) in [6, 6.07) is 15.4. The highest BCUT2D eigenvalue weighted by molar-refractivity contribution is 6.30. The van der Waals surface area contributed by atoms with Gasteiger partial charge in [-0.15, -0.1) is 0 Å². The molecule has 1 aliphatic heterocycles. The molecule has 0 amide bonds. The number of hydrogen-bond acceptors (Lipinski definition) is 6. The van der Waals surface area contributed by atoms with Crippen LogP contribution in [0.4, 0.5) is 0 Å². The van der Waals surface area contributed by atoms with E-state index in [-0.39, 0.29) is 18.0 Å². The highest BCUT2D eigenvalue weighted by Crippen LogP contribution is 2.38. The molecule has 4 rings (SSSR count). The lowest BCUT2D eigenvalue weighted by atomic mass is 10.0. The quantitative estimate of drug-likeness (QED) is 0.275. The first-order valence-electron chi connectivity index (χ1n) is 10.1. The third-order valence-corrected chi connectivity index (χ3v) is 5.41. The molecule has 0 fully saturated rings. The summed E-state index contributed by atoms with van der Waals surface area (Å²) in [5.74, 6) is 1.29. The molecule has 0 radical (unpaired) electrons. The van der Waals surface area contributed by atoms with Crippen LogP contribution in [0.1, 0.15) is 27.0 Å². The van der Waals surface area contributed by atoms with Gasteiger partial charge in [0.25, 0.3) is 0 Å². The van der Waals surface area contributed by atoms with Gasteiger partial charge in [0.2, 0.25) is 5.78 Å². The standard InChI is InChI=1S/C26H21ClO6/c1-15-10-20(32-24(28)11-16-4-6-18(27)7-5-16)14-22-25(15)26(29)23(33-22)13-17-12-19(30-2)8-9-21(17)31-3/h4-10,12-14H,11H2,1-3H3/b23-13-. The lowest BCUT2D eigenvalue weighted by molar-refractivity contribution is -0.133. The maximum Gasteiger partial charge on any atom is 0.315 e. The number of rotatable bonds is 6. The normalized spacial score (nSPS) is 13.5. The number of halogens is 1. The number of fused-ring (bicyclic) bond motifs is 1. The van der Waals surface area contributed by atoms with E-state index in [1.54, 1.807) is 81.8 Å². The van der Waals surface area contributed by atoms with E-state index in [0.29, 0.717) is 44.7 Å². The Morgan fingerprint density at radius 2 is 1.76 bits per heavy atom. The van der Waals surface area contributed by atoms with Gasteiger partial charge in [0, 0.05) is 16.7 Å². The third kappa shape index (κ3) is 4.86. The summed E-state index contributed by atoms with van der Waals surface area (Å²) in [5.41, 5.74) is 2.50. The smallest absolute Gasteiger partial charge is 0.315 e. The SMILES string of the molecule is COc1ccc(OC)c(/C=C2\Oc3cc(OC(=O)Cc4ccc(Cl)cc4)cc(C)c3C2=O)c1. The number of benzene rings is 3. The van der Waals surface area contributed by atoms with E-state index in [2.05, 4.69) is 0 Å². The molecule has 0 N–H and O–H groups in total. The average molecular weight is 465 g/mol. The Balaban J connectivity index is 1.56. The molecule has 0 aliphatic carbocycles. The van der Waals surface area contributed by atoms with E-state index in [4.69, 9.17) is 30.5 Å². The highest BCUT2D eigenvalue weighted by atomic mass is 35.5. The first-order chi connectivity index (χ1) is 15.9. The topological polar surface area (TPSA) is 71.1 Å². The molecule has 3 aromatic carbocycles. The van der Waals surface area contributed by atoms with E-state index in [1.807, 2.05) is 0 Å². The molecule has 0 spiro atoms. The Morgan fingerprint density at radius 1 is 1.00 bits per heavy atom. The molecule has 0 saturated heterocycles. The van der Waals surface area contributed by atoms with Gasteiger partial charge >= 0.3 is 5.97 Å². The van der Waals surface area contributed by atoms with Gasteiger partial charge in [0.05, 0.1) is 26.2 Å². The molecule has 1 aliphatic rings. The van der Waals surface area contributed by atoms with Crippen LogP contribution >= 0.6 is 11.6 Å². The van der Waals surface area contributed by atoms with Crippen molar-refractivity contribution in [3.05, 3.63) is 87.6 Å². The van der Waals surface area contributed by atoms with Gasteiger partial charge < -0.3 is 18.9 Å². The minimum absolute atomic E-state index is 0.0911. The molecule has 0 atom stereocenters. The lowest BCUT2D eigenvalue weighted by Crippen LogP contribution is -2.11. The van der Waals surface area contributed by atoms with Crippen molar-refractivity contribution in [3.63, 3.8) is 0 Å². The number of carbonyl (C=O) groups excluding carboxylic acids is 2. The van der Waals surface area contributed by atoms with Crippen LogP contribution in [0.25, 0.3) is 6.08 Å². The number of aryl methyl sites for hydroxylation is 1. The number of Topliss-reactive ketones (excluding diaryl/α,β-unsaturated/α-hetero) is 1. The minimum Gasteiger partial charge on any atom is -0.497 e. The zero-order chi connectivity index (χ0) is 23.5. The average Bonchev–Trinajstić information content (AvgIpc) is 3.10. The number of ether oxygens (including phenoxy) is 4. The van der Waals surface area contributed by atoms with Crippen molar-refractivity contribution in [2.45, 2.75) is 13.3 Å². The van der Waals surface area contributed by atoms with Crippen LogP contribution < -0.4 is 18.9 Å². The number of methoxy groups -OCH3 is 2. The van der Waals surface area contributed by atoms with Gasteiger partial charge in [-0.3, -0.25) is 9.59 Å². The van der Waals surface area contributed by atoms with Crippen molar-refractivity contribution in [3.8, 4) is 23.0 Å². The summed E-state index contributed by atoms with van der Waals surface area (Å²) in [5, 5.41) is 0.596. The summed E-state index contributed by atoms with van der Waals surface area (Å²) in [6.07, 6.45) is 1.70. The molecule has 0 unspecified atom stereocenters. The number of carbonyl (C=O) groups is 2. The summed E-state index contributed by atoms with van der Waals surface area (Å²) in [6.45, 7) is 1.77. The van der Waals surface area contributed by atoms with Crippen LogP contribution in [0.2, 0.25) is 5.02 Å². The molecule has 1 heterocycles. The maximum absolute atomic E-state index is 13.0. The third-order valence-electron chi connectivity index (χ3n) is 5.16. The molecular formula is C26H21ClO6. The Bertz CT molecular complexity index is 1260. The van der Waals surface area contributed by atoms with Crippen molar-refractivity contribution in [2.24, 2.45) is 0 Å². The van der Waals surface area contributed by atoms with Gasteiger partial charge in [0.1, 0.15) is 23.0 Å². The van der Waals surface area contributed by atoms with Gasteiger partial charge in [0.15, 0.2) is 5.76 Å². The van der Waals surface area contributed by atoms with Crippen molar-refractivity contribution in [1.82, 2.24) is 0 Å². The predicted octanol–water partition coefficient (Wildman–Crippen LogP) is 5.43. The predicted molar refractivity (Wildman–Crippen MR) is 124 cm³/mol. The van der Waals surface area contributed by atoms with Crippen molar-refractivity contribution >= 4 is 29.4 Å². The molecule has 3 aromatic rings. The van der Waals surface area contributed by atoms with Crippen LogP contribution in [0.3, 0.4) is 0 Å². The fourth-order valence-corrected chi connectivity index (χ4v) is 3.69. The van der Waals surface area contributed by atoms with E-state index in [1.165, 1.54) is 0 Å². The van der Waals surface area contributed by atoms with Crippen molar-refractivity contribution in [2.75, 3.05) is 14.2 Å². The first-order valence-corrected chi connectivity index (χ1v) is 10.5. The Kier molecular flexibility index (Phi) is 6.38. The van der Waals surface area contributed by atoms with Crippen LogP contribution in [0, 0.1) is 6.92 Å². The van der Waals surface area contributed by atoms with Gasteiger partial charge in [-0.25, -0.2) is 0 Å². The van der Waals surface area contributed by atoms with Gasteiger partial charge in [-0.2, -0.15) is 0 Å². The van der Waals surface area contributed by atoms with Crippen molar-refractivity contribution < 1.29 is 28.5 Å². The minimum atomic E-state index is -0.433. The van der Waals surface area contributed by atoms with E-state index >= 15 is 0 Å². The van der Waals surface area contributed by atoms with Crippen LogP contribution in [-0.2, 0) is 11.2 Å². The fraction of sp³-hybridized carbons (Fsp3) is 0.154. The van der Waals surface area contributed by atoms with E-state index in [9.17, 15) is 9.59 Å². The molecule has 33 heavy (non-hydrogen) atoms. The zero-order valence-electron chi connectivity index (χ0n) is 18.3. The molecule has 168 valence electrons. The van der Waals surface area contributed by atoms with Gasteiger partial charge in [-0.1, -0.05) is 23.7 Å². The maximum atomic E-state index is 13.0. The number of esters is 1. The zero-order valence-corrected chi connectivity index (χ0v) is 19.1. The second kappa shape index (κ2) is 9.38. The molecule has 6 nitrogen and oxygen atoms in total. The van der Waals surface area contributed by atoms with E-state index in [0.717, 1.165) is 5.56 Å². The molecule has 7 heteroatoms. The van der Waals surface area contributed by atoms with Crippen molar-refractivity contribution in [1.29, 1.82) is 0 Å². The molecule has 0 saturated carbocycles. The summed E-state index contributed by atoms with van der Waals surface area (Å²) >= 11 is 5.88. The number of allylic oxidation sites excluding steroid dienone is 1. The molecule has 0 bridgehead atoms. The Morgan fingerprint density at radius 3 is 2.45 bits per heavy atom. The largest absolute Gasteiger partial charge is 0.497 e. The monoisotopic (exact) mass is 464 g/mol. The molecule has 0 aromatic heterocycles. The summed E-state index contributed by atoms with van der Waals surface area (Å²) < 4.78 is 22.0. The number of ketones is 1. The van der Waals surface area contributed by atoms with Crippen LogP contribution in [-0.4, -0.2) is 26.0 Å². The second-order valence-corrected chi connectivity index (χ2v) is 7.87. The van der Waals surface area contributed by atoms with Gasteiger partial charge in [-0.05, 0) is 60.5 Å². The Labute approximate surface area is 196 Å². The van der Waals surface area contributed by atoms with E-state index < -0.39 is 5.97 Å². The summed E-state index contributed by atoms with van der Waals surface area (Å²) in [7, 11) is 3.11. The summed E-state index contributed by atoms with van der Waals surface area (Å²) in [4.78, 5) is 25.4. The lowest BCUT2D eigenvalue weighted by Gasteiger charge is -2.08. The van der Waals surface area contributed by atoms with Crippen LogP contribution in [0.5, 0.6) is 23.0 Å². The highest BCUT2D eigenvalue weighted by Gasteiger charge is 2.30. The Hall–Kier alpha value is -3.77. The first kappa shape index (κ1) is 22.4. The fourth-order valence-electron chi connectivity index (χ4n) is 3.57. The second-order valence-electron chi connectivity index (χ2n) is 7.44.